The molecule has 2 aromatic rings. The molecule has 1 aliphatic rings. The van der Waals surface area contributed by atoms with Crippen molar-refractivity contribution in [3.8, 4) is 11.5 Å². The number of carbonyl (C=O) groups excluding carboxylic acids is 1. The van der Waals surface area contributed by atoms with Crippen LogP contribution in [0.4, 0.5) is 5.69 Å². The molecule has 6 heteroatoms. The highest BCUT2D eigenvalue weighted by Gasteiger charge is 2.28. The molecule has 0 N–H and O–H groups in total. The summed E-state index contributed by atoms with van der Waals surface area (Å²) in [6, 6.07) is 13.1. The van der Waals surface area contributed by atoms with E-state index in [9.17, 15) is 4.79 Å². The van der Waals surface area contributed by atoms with E-state index in [1.54, 1.807) is 7.11 Å². The van der Waals surface area contributed by atoms with Crippen molar-refractivity contribution in [3.63, 3.8) is 0 Å². The van der Waals surface area contributed by atoms with Crippen LogP contribution in [-0.2, 0) is 4.79 Å². The molecule has 3 rings (SSSR count). The minimum absolute atomic E-state index is 0.158. The quantitative estimate of drug-likeness (QED) is 0.668. The average Bonchev–Trinajstić information content (AvgIpc) is 2.90. The summed E-state index contributed by atoms with van der Waals surface area (Å²) < 4.78 is 11.8. The van der Waals surface area contributed by atoms with Crippen LogP contribution < -0.4 is 14.5 Å². The van der Waals surface area contributed by atoms with E-state index in [2.05, 4.69) is 21.0 Å². The van der Waals surface area contributed by atoms with Crippen molar-refractivity contribution in [2.24, 2.45) is 5.10 Å². The zero-order valence-electron chi connectivity index (χ0n) is 14.8. The lowest BCUT2D eigenvalue weighted by atomic mass is 10.1. The summed E-state index contributed by atoms with van der Waals surface area (Å²) in [5, 5.41) is 5.82. The van der Waals surface area contributed by atoms with Crippen LogP contribution in [0.15, 0.2) is 57.6 Å². The first-order chi connectivity index (χ1) is 12.5. The Morgan fingerprint density at radius 2 is 2.00 bits per heavy atom. The van der Waals surface area contributed by atoms with Gasteiger partial charge < -0.3 is 9.47 Å². The van der Waals surface area contributed by atoms with Gasteiger partial charge in [0, 0.05) is 4.47 Å². The lowest BCUT2D eigenvalue weighted by Crippen LogP contribution is -2.21. The number of nitrogens with zero attached hydrogens (tertiary/aromatic N) is 2. The fourth-order valence-electron chi connectivity index (χ4n) is 2.69. The van der Waals surface area contributed by atoms with Crippen LogP contribution in [0.1, 0.15) is 19.4 Å². The van der Waals surface area contributed by atoms with Crippen molar-refractivity contribution < 1.29 is 14.3 Å². The topological polar surface area (TPSA) is 51.1 Å². The lowest BCUT2D eigenvalue weighted by molar-refractivity contribution is -0.114. The number of carbonyl (C=O) groups is 1. The van der Waals surface area contributed by atoms with Crippen molar-refractivity contribution >= 4 is 39.3 Å². The minimum atomic E-state index is -0.158. The third kappa shape index (κ3) is 3.65. The molecule has 134 valence electrons. The van der Waals surface area contributed by atoms with Gasteiger partial charge in [-0.1, -0.05) is 28.1 Å². The number of rotatable bonds is 5. The molecule has 0 spiro atoms. The van der Waals surface area contributed by atoms with Crippen molar-refractivity contribution in [3.05, 3.63) is 58.1 Å². The Bertz CT molecular complexity index is 906. The maximum absolute atomic E-state index is 12.8. The zero-order valence-corrected chi connectivity index (χ0v) is 16.4. The number of anilines is 1. The van der Waals surface area contributed by atoms with Crippen LogP contribution in [0.5, 0.6) is 11.5 Å². The summed E-state index contributed by atoms with van der Waals surface area (Å²) >= 11 is 3.42. The first-order valence-electron chi connectivity index (χ1n) is 8.21. The molecule has 0 saturated heterocycles. The highest BCUT2D eigenvalue weighted by Crippen LogP contribution is 2.31. The molecule has 0 aliphatic carbocycles. The summed E-state index contributed by atoms with van der Waals surface area (Å²) in [5.74, 6) is 1.15. The molecule has 26 heavy (non-hydrogen) atoms. The number of hydrogen-bond acceptors (Lipinski definition) is 4. The number of hydrogen-bond donors (Lipinski definition) is 0. The molecule has 1 aliphatic heterocycles. The zero-order chi connectivity index (χ0) is 18.7. The smallest absolute Gasteiger partial charge is 0.280 e. The normalized spacial score (nSPS) is 15.4. The van der Waals surface area contributed by atoms with Crippen LogP contribution >= 0.6 is 15.9 Å². The van der Waals surface area contributed by atoms with Gasteiger partial charge in [-0.2, -0.15) is 10.1 Å². The summed E-state index contributed by atoms with van der Waals surface area (Å²) in [4.78, 5) is 12.8. The van der Waals surface area contributed by atoms with Crippen LogP contribution in [0, 0.1) is 0 Å². The Labute approximate surface area is 161 Å². The van der Waals surface area contributed by atoms with Crippen LogP contribution in [0.3, 0.4) is 0 Å². The molecule has 0 fully saturated rings. The first-order valence-corrected chi connectivity index (χ1v) is 9.01. The molecule has 5 nitrogen and oxygen atoms in total. The highest BCUT2D eigenvalue weighted by atomic mass is 79.9. The van der Waals surface area contributed by atoms with Crippen LogP contribution in [0.2, 0.25) is 0 Å². The molecule has 1 heterocycles. The largest absolute Gasteiger partial charge is 0.493 e. The van der Waals surface area contributed by atoms with E-state index in [-0.39, 0.29) is 5.91 Å². The monoisotopic (exact) mass is 414 g/mol. The maximum Gasteiger partial charge on any atom is 0.280 e. The minimum Gasteiger partial charge on any atom is -0.493 e. The second kappa shape index (κ2) is 7.74. The Morgan fingerprint density at radius 3 is 2.69 bits per heavy atom. The lowest BCUT2D eigenvalue weighted by Gasteiger charge is -2.12. The maximum atomic E-state index is 12.8. The first kappa shape index (κ1) is 18.2. The van der Waals surface area contributed by atoms with E-state index < -0.39 is 0 Å². The van der Waals surface area contributed by atoms with Gasteiger partial charge in [0.15, 0.2) is 11.5 Å². The van der Waals surface area contributed by atoms with Gasteiger partial charge in [-0.15, -0.1) is 0 Å². The van der Waals surface area contributed by atoms with Gasteiger partial charge in [-0.05, 0) is 55.8 Å². The van der Waals surface area contributed by atoms with Crippen molar-refractivity contribution in [2.75, 3.05) is 18.7 Å². The van der Waals surface area contributed by atoms with E-state index >= 15 is 0 Å². The summed E-state index contributed by atoms with van der Waals surface area (Å²) in [6.07, 6.45) is 1.82. The third-order valence-corrected chi connectivity index (χ3v) is 4.41. The average molecular weight is 415 g/mol. The molecule has 0 radical (unpaired) electrons. The Kier molecular flexibility index (Phi) is 5.42. The molecule has 0 bridgehead atoms. The number of ether oxygens (including phenoxy) is 2. The second-order valence-corrected chi connectivity index (χ2v) is 6.60. The van der Waals surface area contributed by atoms with Crippen molar-refractivity contribution in [2.45, 2.75) is 13.8 Å². The van der Waals surface area contributed by atoms with E-state index in [0.717, 1.165) is 15.7 Å². The van der Waals surface area contributed by atoms with Gasteiger partial charge in [0.2, 0.25) is 0 Å². The number of amides is 1. The van der Waals surface area contributed by atoms with Gasteiger partial charge >= 0.3 is 0 Å². The molecular weight excluding hydrogens is 396 g/mol. The van der Waals surface area contributed by atoms with Gasteiger partial charge in [0.05, 0.1) is 30.7 Å². The van der Waals surface area contributed by atoms with Gasteiger partial charge in [0.25, 0.3) is 5.91 Å². The fourth-order valence-corrected chi connectivity index (χ4v) is 3.07. The number of benzene rings is 2. The van der Waals surface area contributed by atoms with Crippen molar-refractivity contribution in [1.82, 2.24) is 0 Å². The fraction of sp³-hybridized carbons (Fsp3) is 0.200. The predicted molar refractivity (Wildman–Crippen MR) is 107 cm³/mol. The highest BCUT2D eigenvalue weighted by molar-refractivity contribution is 9.10. The standard InChI is InChI=1S/C20H19BrN2O3/c1-4-26-19-11-14(8-9-18(19)25-3)10-17-13(2)22-23(20(17)24)16-7-5-6-15(21)12-16/h5-12H,4H2,1-3H3/b17-10+. The van der Waals surface area contributed by atoms with Gasteiger partial charge in [-0.3, -0.25) is 4.79 Å². The number of hydrazone groups is 1. The van der Waals surface area contributed by atoms with Crippen molar-refractivity contribution in [1.29, 1.82) is 0 Å². The molecule has 0 atom stereocenters. The predicted octanol–water partition coefficient (Wildman–Crippen LogP) is 4.66. The van der Waals surface area contributed by atoms with E-state index in [4.69, 9.17) is 9.47 Å². The Balaban J connectivity index is 1.94. The third-order valence-electron chi connectivity index (χ3n) is 3.91. The van der Waals surface area contributed by atoms with Crippen LogP contribution in [0.25, 0.3) is 6.08 Å². The molecule has 0 saturated carbocycles. The molecule has 2 aromatic carbocycles. The SMILES string of the molecule is CCOc1cc(/C=C2/C(=O)N(c3cccc(Br)c3)N=C2C)ccc1OC. The van der Waals surface area contributed by atoms with Gasteiger partial charge in [-0.25, -0.2) is 0 Å². The van der Waals surface area contributed by atoms with Gasteiger partial charge in [0.1, 0.15) is 0 Å². The van der Waals surface area contributed by atoms with E-state index in [1.165, 1.54) is 5.01 Å². The Morgan fingerprint density at radius 1 is 1.19 bits per heavy atom. The molecule has 1 amide bonds. The second-order valence-electron chi connectivity index (χ2n) is 5.68. The van der Waals surface area contributed by atoms with Crippen LogP contribution in [-0.4, -0.2) is 25.3 Å². The number of halogens is 1. The summed E-state index contributed by atoms with van der Waals surface area (Å²) in [7, 11) is 1.60. The molecular formula is C20H19BrN2O3. The molecule has 0 aromatic heterocycles. The van der Waals surface area contributed by atoms with E-state index in [1.807, 2.05) is 62.4 Å². The number of methoxy groups -OCH3 is 1. The van der Waals surface area contributed by atoms with E-state index in [0.29, 0.717) is 29.4 Å². The molecule has 0 unspecified atom stereocenters. The summed E-state index contributed by atoms with van der Waals surface area (Å²) in [6.45, 7) is 4.28. The Hall–Kier alpha value is -2.60. The summed E-state index contributed by atoms with van der Waals surface area (Å²) in [5.41, 5.74) is 2.79.